The van der Waals surface area contributed by atoms with Crippen LogP contribution in [0.25, 0.3) is 34.9 Å². The highest BCUT2D eigenvalue weighted by Gasteiger charge is 2.10. The van der Waals surface area contributed by atoms with Gasteiger partial charge in [0.25, 0.3) is 0 Å². The van der Waals surface area contributed by atoms with Gasteiger partial charge >= 0.3 is 0 Å². The Bertz CT molecular complexity index is 1030. The molecule has 3 rings (SSSR count). The highest BCUT2D eigenvalue weighted by molar-refractivity contribution is 6.29. The second kappa shape index (κ2) is 9.83. The summed E-state index contributed by atoms with van der Waals surface area (Å²) >= 11 is 6.03. The monoisotopic (exact) mass is 381 g/mol. The van der Waals surface area contributed by atoms with E-state index in [1.54, 1.807) is 13.2 Å². The van der Waals surface area contributed by atoms with Gasteiger partial charge < -0.3 is 4.74 Å². The maximum atomic E-state index is 6.03. The smallest absolute Gasteiger partial charge is 0.179 e. The Morgan fingerprint density at radius 2 is 1.67 bits per heavy atom. The van der Waals surface area contributed by atoms with Crippen molar-refractivity contribution in [1.29, 1.82) is 0 Å². The number of hydrogen-bond acceptors (Lipinski definition) is 4. The Hall–Kier alpha value is -2.72. The van der Waals surface area contributed by atoms with Crippen LogP contribution in [0, 0.1) is 0 Å². The quantitative estimate of drug-likeness (QED) is 0.627. The van der Waals surface area contributed by atoms with E-state index in [9.17, 15) is 0 Å². The third-order valence-corrected chi connectivity index (χ3v) is 4.04. The van der Waals surface area contributed by atoms with Gasteiger partial charge in [0.15, 0.2) is 5.82 Å². The molecule has 0 saturated heterocycles. The largest absolute Gasteiger partial charge is 0.497 e. The van der Waals surface area contributed by atoms with Crippen LogP contribution in [-0.4, -0.2) is 22.1 Å². The Kier molecular flexibility index (Phi) is 7.50. The van der Waals surface area contributed by atoms with Crippen LogP contribution in [0.15, 0.2) is 42.5 Å². The van der Waals surface area contributed by atoms with Crippen LogP contribution in [-0.2, 0) is 0 Å². The molecule has 27 heavy (non-hydrogen) atoms. The molecule has 0 fully saturated rings. The lowest BCUT2D eigenvalue weighted by molar-refractivity contribution is 0.415. The summed E-state index contributed by atoms with van der Waals surface area (Å²) in [6, 6.07) is 13.2. The molecule has 0 spiro atoms. The molecule has 0 aliphatic rings. The predicted molar refractivity (Wildman–Crippen MR) is 113 cm³/mol. The summed E-state index contributed by atoms with van der Waals surface area (Å²) in [5.74, 6) is 1.32. The van der Waals surface area contributed by atoms with E-state index in [1.165, 1.54) is 0 Å². The average Bonchev–Trinajstić information content (AvgIpc) is 2.74. The predicted octanol–water partition coefficient (Wildman–Crippen LogP) is 4.49. The van der Waals surface area contributed by atoms with Gasteiger partial charge in [0, 0.05) is 10.8 Å². The molecule has 5 heteroatoms. The van der Waals surface area contributed by atoms with Crippen molar-refractivity contribution in [2.75, 3.05) is 7.11 Å². The van der Waals surface area contributed by atoms with Crippen LogP contribution in [0.1, 0.15) is 27.7 Å². The van der Waals surface area contributed by atoms with Crippen molar-refractivity contribution in [3.8, 4) is 28.5 Å². The first-order valence-corrected chi connectivity index (χ1v) is 9.32. The van der Waals surface area contributed by atoms with Gasteiger partial charge in [-0.3, -0.25) is 0 Å². The van der Waals surface area contributed by atoms with E-state index in [0.717, 1.165) is 27.6 Å². The van der Waals surface area contributed by atoms with E-state index in [2.05, 4.69) is 9.97 Å². The van der Waals surface area contributed by atoms with Gasteiger partial charge in [-0.25, -0.2) is 15.0 Å². The molecule has 0 atom stereocenters. The van der Waals surface area contributed by atoms with Crippen molar-refractivity contribution >= 4 is 23.8 Å². The van der Waals surface area contributed by atoms with Crippen LogP contribution in [0.2, 0.25) is 5.15 Å². The molecule has 3 aromatic rings. The van der Waals surface area contributed by atoms with Gasteiger partial charge in [-0.15, -0.1) is 0 Å². The zero-order chi connectivity index (χ0) is 19.8. The molecule has 0 aliphatic carbocycles. The van der Waals surface area contributed by atoms with Crippen LogP contribution < -0.4 is 15.3 Å². The van der Waals surface area contributed by atoms with Gasteiger partial charge in [0.05, 0.1) is 18.2 Å². The minimum Gasteiger partial charge on any atom is -0.497 e. The summed E-state index contributed by atoms with van der Waals surface area (Å²) in [4.78, 5) is 13.8. The van der Waals surface area contributed by atoms with E-state index in [0.29, 0.717) is 16.7 Å². The molecule has 0 unspecified atom stereocenters. The van der Waals surface area contributed by atoms with E-state index in [1.807, 2.05) is 76.2 Å². The number of nitrogens with zero attached hydrogens (tertiary/aromatic N) is 3. The van der Waals surface area contributed by atoms with Crippen molar-refractivity contribution in [2.45, 2.75) is 27.7 Å². The van der Waals surface area contributed by atoms with Gasteiger partial charge in [-0.05, 0) is 38.1 Å². The van der Waals surface area contributed by atoms with E-state index in [-0.39, 0.29) is 0 Å². The Labute approximate surface area is 165 Å². The van der Waals surface area contributed by atoms with Crippen LogP contribution in [0.4, 0.5) is 0 Å². The highest BCUT2D eigenvalue weighted by atomic mass is 35.5. The number of methoxy groups -OCH3 is 1. The lowest BCUT2D eigenvalue weighted by atomic mass is 10.1. The lowest BCUT2D eigenvalue weighted by Crippen LogP contribution is -2.31. The minimum atomic E-state index is 0.414. The van der Waals surface area contributed by atoms with E-state index < -0.39 is 0 Å². The molecule has 0 amide bonds. The molecule has 2 aromatic heterocycles. The fourth-order valence-electron chi connectivity index (χ4n) is 2.63. The second-order valence-corrected chi connectivity index (χ2v) is 5.74. The molecule has 0 radical (unpaired) electrons. The Morgan fingerprint density at radius 3 is 2.30 bits per heavy atom. The van der Waals surface area contributed by atoms with E-state index >= 15 is 0 Å². The first kappa shape index (κ1) is 20.6. The van der Waals surface area contributed by atoms with Gasteiger partial charge in [-0.2, -0.15) is 0 Å². The average molecular weight is 382 g/mol. The molecular weight excluding hydrogens is 358 g/mol. The molecule has 0 bridgehead atoms. The number of hydrogen-bond donors (Lipinski definition) is 0. The molecule has 2 heterocycles. The van der Waals surface area contributed by atoms with Gasteiger partial charge in [-0.1, -0.05) is 55.8 Å². The zero-order valence-electron chi connectivity index (χ0n) is 16.3. The summed E-state index contributed by atoms with van der Waals surface area (Å²) in [6.07, 6.45) is 3.98. The van der Waals surface area contributed by atoms with Gasteiger partial charge in [0.1, 0.15) is 16.6 Å². The number of rotatable bonds is 3. The molecule has 0 N–H and O–H groups in total. The molecular formula is C22H24ClN3O. The number of benzene rings is 1. The highest BCUT2D eigenvalue weighted by Crippen LogP contribution is 2.21. The SMILES string of the molecule is C/C=c1/c(-c2cccc(OC)c2)nc(-c2cccc(Cl)n2)n/c1=C/C.CC. The zero-order valence-corrected chi connectivity index (χ0v) is 17.1. The normalized spacial score (nSPS) is 11.8. The van der Waals surface area contributed by atoms with E-state index in [4.69, 9.17) is 21.3 Å². The summed E-state index contributed by atoms with van der Waals surface area (Å²) in [7, 11) is 1.65. The number of aromatic nitrogens is 3. The molecule has 140 valence electrons. The summed E-state index contributed by atoms with van der Waals surface area (Å²) in [5.41, 5.74) is 2.44. The van der Waals surface area contributed by atoms with Crippen LogP contribution >= 0.6 is 11.6 Å². The van der Waals surface area contributed by atoms with Crippen LogP contribution in [0.3, 0.4) is 0 Å². The van der Waals surface area contributed by atoms with Gasteiger partial charge in [0.2, 0.25) is 0 Å². The summed E-state index contributed by atoms with van der Waals surface area (Å²) in [6.45, 7) is 7.94. The first-order valence-electron chi connectivity index (χ1n) is 8.94. The minimum absolute atomic E-state index is 0.414. The van der Waals surface area contributed by atoms with Crippen LogP contribution in [0.5, 0.6) is 5.75 Å². The summed E-state index contributed by atoms with van der Waals surface area (Å²) < 4.78 is 5.35. The Morgan fingerprint density at radius 1 is 0.926 bits per heavy atom. The fraction of sp³-hybridized carbons (Fsp3) is 0.227. The molecule has 4 nitrogen and oxygen atoms in total. The number of halogens is 1. The molecule has 0 aliphatic heterocycles. The number of pyridine rings is 1. The van der Waals surface area contributed by atoms with Crippen molar-refractivity contribution in [3.63, 3.8) is 0 Å². The standard InChI is InChI=1S/C20H18ClN3O.C2H6/c1-4-15-16(5-2)23-20(17-10-7-11-18(21)22-17)24-19(15)13-8-6-9-14(12-13)25-3;1-2/h4-12H,1-3H3;1-2H3/b15-4+,16-5+;. The number of ether oxygens (including phenoxy) is 1. The summed E-state index contributed by atoms with van der Waals surface area (Å²) in [5, 5.41) is 2.24. The van der Waals surface area contributed by atoms with Crippen molar-refractivity contribution in [1.82, 2.24) is 15.0 Å². The van der Waals surface area contributed by atoms with Crippen molar-refractivity contribution in [2.24, 2.45) is 0 Å². The topological polar surface area (TPSA) is 47.9 Å². The Balaban J connectivity index is 0.00000126. The molecule has 0 saturated carbocycles. The fourth-order valence-corrected chi connectivity index (χ4v) is 2.79. The van der Waals surface area contributed by atoms with Crippen molar-refractivity contribution in [3.05, 3.63) is 58.2 Å². The maximum Gasteiger partial charge on any atom is 0.179 e. The third kappa shape index (κ3) is 4.72. The van der Waals surface area contributed by atoms with Crippen molar-refractivity contribution < 1.29 is 4.74 Å². The lowest BCUT2D eigenvalue weighted by Gasteiger charge is -2.08. The third-order valence-electron chi connectivity index (χ3n) is 3.82. The second-order valence-electron chi connectivity index (χ2n) is 5.35. The molecule has 1 aromatic carbocycles. The maximum absolute atomic E-state index is 6.03. The first-order chi connectivity index (χ1) is 13.2.